The maximum Gasteiger partial charge on any atom is 0.267 e. The van der Waals surface area contributed by atoms with Crippen LogP contribution in [0.4, 0.5) is 5.69 Å². The van der Waals surface area contributed by atoms with Crippen molar-refractivity contribution in [1.29, 1.82) is 0 Å². The van der Waals surface area contributed by atoms with Crippen LogP contribution < -0.4 is 5.32 Å². The molecule has 0 aliphatic carbocycles. The maximum atomic E-state index is 12.0. The van der Waals surface area contributed by atoms with Gasteiger partial charge in [0.25, 0.3) is 15.0 Å². The van der Waals surface area contributed by atoms with Crippen LogP contribution in [0.3, 0.4) is 0 Å². The van der Waals surface area contributed by atoms with Crippen LogP contribution >= 0.6 is 33.6 Å². The van der Waals surface area contributed by atoms with Crippen LogP contribution in [-0.2, 0) is 9.05 Å². The van der Waals surface area contributed by atoms with Crippen molar-refractivity contribution in [3.05, 3.63) is 45.6 Å². The van der Waals surface area contributed by atoms with E-state index in [4.69, 9.17) is 22.3 Å². The van der Waals surface area contributed by atoms with Crippen molar-refractivity contribution in [2.24, 2.45) is 0 Å². The van der Waals surface area contributed by atoms with Gasteiger partial charge in [0.2, 0.25) is 0 Å². The summed E-state index contributed by atoms with van der Waals surface area (Å²) in [6.07, 6.45) is 0. The van der Waals surface area contributed by atoms with E-state index in [2.05, 4.69) is 5.32 Å². The van der Waals surface area contributed by atoms with Crippen LogP contribution in [0.15, 0.2) is 40.6 Å². The van der Waals surface area contributed by atoms with Crippen LogP contribution in [0, 0.1) is 0 Å². The first kappa shape index (κ1) is 14.3. The highest BCUT2D eigenvalue weighted by Gasteiger charge is 2.22. The Bertz CT molecular complexity index is 708. The highest BCUT2D eigenvalue weighted by Crippen LogP contribution is 2.26. The minimum absolute atomic E-state index is 0.0463. The van der Waals surface area contributed by atoms with Gasteiger partial charge in [-0.1, -0.05) is 11.6 Å². The van der Waals surface area contributed by atoms with E-state index in [0.29, 0.717) is 10.7 Å². The molecule has 0 radical (unpaired) electrons. The summed E-state index contributed by atoms with van der Waals surface area (Å²) >= 11 is 6.73. The Balaban J connectivity index is 2.26. The molecule has 100 valence electrons. The number of carbonyl (C=O) groups is 1. The van der Waals surface area contributed by atoms with Gasteiger partial charge in [0, 0.05) is 21.4 Å². The van der Waals surface area contributed by atoms with Gasteiger partial charge in [-0.3, -0.25) is 4.79 Å². The SMILES string of the molecule is O=C(Nc1ccc(Cl)cc1)c1sccc1S(=O)(=O)Cl. The highest BCUT2D eigenvalue weighted by atomic mass is 35.7. The number of hydrogen-bond acceptors (Lipinski definition) is 4. The number of benzene rings is 1. The molecule has 0 spiro atoms. The average molecular weight is 336 g/mol. The summed E-state index contributed by atoms with van der Waals surface area (Å²) in [7, 11) is 1.32. The molecule has 19 heavy (non-hydrogen) atoms. The van der Waals surface area contributed by atoms with Crippen molar-refractivity contribution in [1.82, 2.24) is 0 Å². The molecule has 4 nitrogen and oxygen atoms in total. The van der Waals surface area contributed by atoms with E-state index in [1.165, 1.54) is 11.4 Å². The van der Waals surface area contributed by atoms with Gasteiger partial charge in [-0.05, 0) is 35.7 Å². The van der Waals surface area contributed by atoms with E-state index < -0.39 is 15.0 Å². The molecule has 0 bridgehead atoms. The monoisotopic (exact) mass is 335 g/mol. The summed E-state index contributed by atoms with van der Waals surface area (Å²) in [5.41, 5.74) is 0.515. The van der Waals surface area contributed by atoms with E-state index >= 15 is 0 Å². The second kappa shape index (κ2) is 5.50. The summed E-state index contributed by atoms with van der Waals surface area (Å²) in [5, 5.41) is 4.61. The number of rotatable bonds is 3. The molecule has 1 N–H and O–H groups in total. The van der Waals surface area contributed by atoms with Crippen LogP contribution in [0.5, 0.6) is 0 Å². The Morgan fingerprint density at radius 3 is 2.37 bits per heavy atom. The van der Waals surface area contributed by atoms with Crippen LogP contribution in [0.25, 0.3) is 0 Å². The topological polar surface area (TPSA) is 63.2 Å². The lowest BCUT2D eigenvalue weighted by molar-refractivity contribution is 0.102. The minimum atomic E-state index is -3.93. The van der Waals surface area contributed by atoms with Gasteiger partial charge in [0.05, 0.1) is 0 Å². The Morgan fingerprint density at radius 2 is 1.79 bits per heavy atom. The number of nitrogens with one attached hydrogen (secondary N) is 1. The van der Waals surface area contributed by atoms with Gasteiger partial charge < -0.3 is 5.32 Å². The predicted octanol–water partition coefficient (Wildman–Crippen LogP) is 3.58. The maximum absolute atomic E-state index is 12.0. The molecule has 0 unspecified atom stereocenters. The van der Waals surface area contributed by atoms with Crippen LogP contribution in [0.1, 0.15) is 9.67 Å². The first-order valence-corrected chi connectivity index (χ1v) is 8.54. The number of carbonyl (C=O) groups excluding carboxylic acids is 1. The summed E-state index contributed by atoms with van der Waals surface area (Å²) in [4.78, 5) is 11.8. The second-order valence-corrected chi connectivity index (χ2v) is 7.40. The molecule has 1 aromatic carbocycles. The van der Waals surface area contributed by atoms with Crippen molar-refractivity contribution in [2.75, 3.05) is 5.32 Å². The number of amides is 1. The van der Waals surface area contributed by atoms with Gasteiger partial charge in [-0.2, -0.15) is 0 Å². The lowest BCUT2D eigenvalue weighted by Crippen LogP contribution is -2.12. The molecule has 0 saturated carbocycles. The average Bonchev–Trinajstić information content (AvgIpc) is 2.81. The molecule has 0 saturated heterocycles. The molecular weight excluding hydrogens is 329 g/mol. The van der Waals surface area contributed by atoms with E-state index in [-0.39, 0.29) is 9.77 Å². The zero-order chi connectivity index (χ0) is 14.0. The lowest BCUT2D eigenvalue weighted by atomic mass is 10.3. The smallest absolute Gasteiger partial charge is 0.267 e. The molecule has 1 amide bonds. The van der Waals surface area contributed by atoms with E-state index in [1.54, 1.807) is 24.3 Å². The normalized spacial score (nSPS) is 11.3. The van der Waals surface area contributed by atoms with E-state index in [1.807, 2.05) is 0 Å². The van der Waals surface area contributed by atoms with Crippen molar-refractivity contribution >= 4 is 54.3 Å². The molecule has 1 heterocycles. The largest absolute Gasteiger partial charge is 0.321 e. The molecule has 8 heteroatoms. The number of thiophene rings is 1. The summed E-state index contributed by atoms with van der Waals surface area (Å²) in [6.45, 7) is 0. The third-order valence-electron chi connectivity index (χ3n) is 2.20. The Hall–Kier alpha value is -1.08. The van der Waals surface area contributed by atoms with Gasteiger partial charge >= 0.3 is 0 Å². The molecule has 0 atom stereocenters. The first-order valence-electron chi connectivity index (χ1n) is 4.97. The standard InChI is InChI=1S/C11H7Cl2NO3S2/c12-7-1-3-8(4-2-7)14-11(15)10-9(5-6-18-10)19(13,16)17/h1-6H,(H,14,15). The second-order valence-electron chi connectivity index (χ2n) is 3.51. The highest BCUT2D eigenvalue weighted by molar-refractivity contribution is 8.13. The third-order valence-corrected chi connectivity index (χ3v) is 4.86. The number of anilines is 1. The number of halogens is 2. The summed E-state index contributed by atoms with van der Waals surface area (Å²) < 4.78 is 22.6. The molecule has 0 aliphatic heterocycles. The van der Waals surface area contributed by atoms with Crippen molar-refractivity contribution in [3.8, 4) is 0 Å². The fourth-order valence-corrected chi connectivity index (χ4v) is 3.81. The van der Waals surface area contributed by atoms with Gasteiger partial charge in [0.1, 0.15) is 9.77 Å². The fraction of sp³-hybridized carbons (Fsp3) is 0. The fourth-order valence-electron chi connectivity index (χ4n) is 1.38. The molecule has 2 aromatic rings. The molecule has 0 fully saturated rings. The summed E-state index contributed by atoms with van der Waals surface area (Å²) in [6, 6.07) is 7.75. The van der Waals surface area contributed by atoms with Gasteiger partial charge in [-0.15, -0.1) is 11.3 Å². The zero-order valence-corrected chi connectivity index (χ0v) is 12.4. The van der Waals surface area contributed by atoms with Gasteiger partial charge in [0.15, 0.2) is 0 Å². The van der Waals surface area contributed by atoms with Crippen molar-refractivity contribution in [3.63, 3.8) is 0 Å². The first-order chi connectivity index (χ1) is 8.88. The Morgan fingerprint density at radius 1 is 1.16 bits per heavy atom. The minimum Gasteiger partial charge on any atom is -0.321 e. The molecule has 2 rings (SSSR count). The summed E-state index contributed by atoms with van der Waals surface area (Å²) in [5.74, 6) is -0.531. The third kappa shape index (κ3) is 3.48. The van der Waals surface area contributed by atoms with E-state index in [0.717, 1.165) is 11.3 Å². The zero-order valence-electron chi connectivity index (χ0n) is 9.26. The predicted molar refractivity (Wildman–Crippen MR) is 76.8 cm³/mol. The van der Waals surface area contributed by atoms with Gasteiger partial charge in [-0.25, -0.2) is 8.42 Å². The van der Waals surface area contributed by atoms with Crippen LogP contribution in [-0.4, -0.2) is 14.3 Å². The lowest BCUT2D eigenvalue weighted by Gasteiger charge is -2.04. The molecule has 1 aromatic heterocycles. The number of hydrogen-bond donors (Lipinski definition) is 1. The quantitative estimate of drug-likeness (QED) is 0.872. The van der Waals surface area contributed by atoms with Crippen molar-refractivity contribution < 1.29 is 13.2 Å². The van der Waals surface area contributed by atoms with E-state index in [9.17, 15) is 13.2 Å². The Labute approximate surface area is 123 Å². The molecule has 0 aliphatic rings. The van der Waals surface area contributed by atoms with Crippen LogP contribution in [0.2, 0.25) is 5.02 Å². The van der Waals surface area contributed by atoms with Crippen molar-refractivity contribution in [2.45, 2.75) is 4.90 Å². The molecular formula is C11H7Cl2NO3S2. The Kier molecular flexibility index (Phi) is 4.15.